The van der Waals surface area contributed by atoms with Crippen LogP contribution in [0.3, 0.4) is 0 Å². The third kappa shape index (κ3) is 2.82. The van der Waals surface area contributed by atoms with Crippen molar-refractivity contribution < 1.29 is 14.1 Å². The van der Waals surface area contributed by atoms with Gasteiger partial charge in [0.1, 0.15) is 5.75 Å². The van der Waals surface area contributed by atoms with Gasteiger partial charge in [-0.2, -0.15) is 0 Å². The molecule has 1 aromatic carbocycles. The highest BCUT2D eigenvalue weighted by atomic mass is 16.5. The Balaban J connectivity index is 1.58. The van der Waals surface area contributed by atoms with Crippen molar-refractivity contribution in [2.45, 2.75) is 25.7 Å². The van der Waals surface area contributed by atoms with E-state index in [-0.39, 0.29) is 12.5 Å². The molecule has 1 aliphatic rings. The lowest BCUT2D eigenvalue weighted by molar-refractivity contribution is -0.118. The Kier molecular flexibility index (Phi) is 3.67. The topological polar surface area (TPSA) is 64.4 Å². The predicted molar refractivity (Wildman–Crippen MR) is 73.7 cm³/mol. The molecule has 0 saturated carbocycles. The van der Waals surface area contributed by atoms with Gasteiger partial charge in [-0.15, -0.1) is 0 Å². The Hall–Kier alpha value is -2.30. The second-order valence-electron chi connectivity index (χ2n) is 4.79. The first-order valence-electron chi connectivity index (χ1n) is 6.78. The summed E-state index contributed by atoms with van der Waals surface area (Å²) in [7, 11) is 0. The molecule has 20 heavy (non-hydrogen) atoms. The van der Waals surface area contributed by atoms with Gasteiger partial charge in [-0.25, -0.2) is 0 Å². The highest BCUT2D eigenvalue weighted by Gasteiger charge is 2.20. The standard InChI is InChI=1S/C15H16N2O3/c18-14(10-19-11-6-2-1-3-7-11)16-15-12-8-4-5-9-13(12)17-20-15/h1-3,6-7H,4-5,8-10H2,(H,16,18). The second-order valence-corrected chi connectivity index (χ2v) is 4.79. The van der Waals surface area contributed by atoms with E-state index in [4.69, 9.17) is 9.26 Å². The number of fused-ring (bicyclic) bond motifs is 1. The van der Waals surface area contributed by atoms with Gasteiger partial charge in [-0.3, -0.25) is 10.1 Å². The number of amides is 1. The van der Waals surface area contributed by atoms with Crippen LogP contribution in [-0.2, 0) is 17.6 Å². The maximum Gasteiger partial charge on any atom is 0.264 e. The van der Waals surface area contributed by atoms with Gasteiger partial charge in [0.15, 0.2) is 6.61 Å². The minimum atomic E-state index is -0.238. The normalized spacial score (nSPS) is 13.6. The van der Waals surface area contributed by atoms with Crippen molar-refractivity contribution in [3.8, 4) is 5.75 Å². The van der Waals surface area contributed by atoms with Crippen molar-refractivity contribution in [3.05, 3.63) is 41.6 Å². The molecule has 3 rings (SSSR count). The molecule has 0 fully saturated rings. The molecule has 2 aromatic rings. The van der Waals surface area contributed by atoms with Crippen LogP contribution in [0.25, 0.3) is 0 Å². The van der Waals surface area contributed by atoms with Crippen LogP contribution in [0.4, 0.5) is 5.88 Å². The monoisotopic (exact) mass is 272 g/mol. The van der Waals surface area contributed by atoms with Crippen molar-refractivity contribution >= 4 is 11.8 Å². The van der Waals surface area contributed by atoms with Crippen LogP contribution in [0.5, 0.6) is 5.75 Å². The average molecular weight is 272 g/mol. The quantitative estimate of drug-likeness (QED) is 0.929. The molecule has 0 bridgehead atoms. The zero-order chi connectivity index (χ0) is 13.8. The van der Waals surface area contributed by atoms with Gasteiger partial charge in [-0.1, -0.05) is 23.4 Å². The average Bonchev–Trinajstić information content (AvgIpc) is 2.90. The Morgan fingerprint density at radius 3 is 2.90 bits per heavy atom. The SMILES string of the molecule is O=C(COc1ccccc1)Nc1onc2c1CCCC2. The van der Waals surface area contributed by atoms with Gasteiger partial charge >= 0.3 is 0 Å². The van der Waals surface area contributed by atoms with E-state index in [1.54, 1.807) is 0 Å². The first-order chi connectivity index (χ1) is 9.83. The zero-order valence-electron chi connectivity index (χ0n) is 11.1. The molecular weight excluding hydrogens is 256 g/mol. The minimum absolute atomic E-state index is 0.0422. The molecule has 1 heterocycles. The summed E-state index contributed by atoms with van der Waals surface area (Å²) in [6, 6.07) is 9.24. The van der Waals surface area contributed by atoms with Crippen LogP contribution < -0.4 is 10.1 Å². The van der Waals surface area contributed by atoms with E-state index in [9.17, 15) is 4.79 Å². The number of rotatable bonds is 4. The fourth-order valence-electron chi connectivity index (χ4n) is 2.32. The summed E-state index contributed by atoms with van der Waals surface area (Å²) in [6.45, 7) is -0.0422. The Labute approximate surface area is 116 Å². The number of aryl methyl sites for hydroxylation is 1. The van der Waals surface area contributed by atoms with Crippen LogP contribution in [0.1, 0.15) is 24.1 Å². The zero-order valence-corrected chi connectivity index (χ0v) is 11.1. The number of hydrogen-bond donors (Lipinski definition) is 1. The van der Waals surface area contributed by atoms with Gasteiger partial charge in [0.05, 0.1) is 5.69 Å². The highest BCUT2D eigenvalue weighted by Crippen LogP contribution is 2.27. The molecule has 5 nitrogen and oxygen atoms in total. The van der Waals surface area contributed by atoms with Crippen LogP contribution >= 0.6 is 0 Å². The van der Waals surface area contributed by atoms with Crippen LogP contribution in [0, 0.1) is 0 Å². The molecule has 1 aromatic heterocycles. The lowest BCUT2D eigenvalue weighted by Crippen LogP contribution is -2.20. The number of carbonyl (C=O) groups excluding carboxylic acids is 1. The van der Waals surface area contributed by atoms with Crippen molar-refractivity contribution in [2.75, 3.05) is 11.9 Å². The largest absolute Gasteiger partial charge is 0.484 e. The molecule has 0 radical (unpaired) electrons. The number of benzene rings is 1. The molecule has 1 amide bonds. The molecule has 0 spiro atoms. The van der Waals surface area contributed by atoms with Crippen molar-refractivity contribution in [1.29, 1.82) is 0 Å². The minimum Gasteiger partial charge on any atom is -0.484 e. The summed E-state index contributed by atoms with van der Waals surface area (Å²) in [5.41, 5.74) is 2.00. The number of carbonyl (C=O) groups is 1. The fourth-order valence-corrected chi connectivity index (χ4v) is 2.32. The van der Waals surface area contributed by atoms with Crippen molar-refractivity contribution in [1.82, 2.24) is 5.16 Å². The summed E-state index contributed by atoms with van der Waals surface area (Å²) in [6.07, 6.45) is 4.07. The molecule has 0 unspecified atom stereocenters. The van der Waals surface area contributed by atoms with E-state index < -0.39 is 0 Å². The van der Waals surface area contributed by atoms with Gasteiger partial charge < -0.3 is 9.26 Å². The maximum absolute atomic E-state index is 11.8. The molecular formula is C15H16N2O3. The number of anilines is 1. The van der Waals surface area contributed by atoms with E-state index in [0.717, 1.165) is 36.9 Å². The highest BCUT2D eigenvalue weighted by molar-refractivity contribution is 5.91. The van der Waals surface area contributed by atoms with E-state index in [0.29, 0.717) is 11.6 Å². The number of nitrogens with one attached hydrogen (secondary N) is 1. The molecule has 104 valence electrons. The van der Waals surface area contributed by atoms with E-state index in [1.807, 2.05) is 30.3 Å². The predicted octanol–water partition coefficient (Wildman–Crippen LogP) is 2.57. The van der Waals surface area contributed by atoms with Gasteiger partial charge in [0, 0.05) is 5.56 Å². The van der Waals surface area contributed by atoms with Gasteiger partial charge in [0.2, 0.25) is 5.88 Å². The Morgan fingerprint density at radius 1 is 1.25 bits per heavy atom. The Bertz CT molecular complexity index is 592. The van der Waals surface area contributed by atoms with E-state index in [1.165, 1.54) is 0 Å². The summed E-state index contributed by atoms with van der Waals surface area (Å²) in [5, 5.41) is 6.72. The lowest BCUT2D eigenvalue weighted by Gasteiger charge is -2.10. The third-order valence-electron chi connectivity index (χ3n) is 3.33. The summed E-state index contributed by atoms with van der Waals surface area (Å²) in [4.78, 5) is 11.8. The lowest BCUT2D eigenvalue weighted by atomic mass is 9.98. The molecule has 5 heteroatoms. The van der Waals surface area contributed by atoms with Crippen molar-refractivity contribution in [3.63, 3.8) is 0 Å². The fraction of sp³-hybridized carbons (Fsp3) is 0.333. The smallest absolute Gasteiger partial charge is 0.264 e. The van der Waals surface area contributed by atoms with Crippen LogP contribution in [0.2, 0.25) is 0 Å². The number of nitrogens with zero attached hydrogens (tertiary/aromatic N) is 1. The summed E-state index contributed by atoms with van der Waals surface area (Å²) < 4.78 is 10.6. The first-order valence-corrected chi connectivity index (χ1v) is 6.78. The second kappa shape index (κ2) is 5.77. The van der Waals surface area contributed by atoms with E-state index in [2.05, 4.69) is 10.5 Å². The van der Waals surface area contributed by atoms with Gasteiger partial charge in [0.25, 0.3) is 5.91 Å². The number of aromatic nitrogens is 1. The molecule has 0 saturated heterocycles. The molecule has 1 aliphatic carbocycles. The molecule has 0 atom stereocenters. The Morgan fingerprint density at radius 2 is 2.05 bits per heavy atom. The number of hydrogen-bond acceptors (Lipinski definition) is 4. The van der Waals surface area contributed by atoms with Crippen LogP contribution in [-0.4, -0.2) is 17.7 Å². The number of para-hydroxylation sites is 1. The summed E-state index contributed by atoms with van der Waals surface area (Å²) >= 11 is 0. The maximum atomic E-state index is 11.8. The molecule has 0 aliphatic heterocycles. The number of ether oxygens (including phenoxy) is 1. The molecule has 1 N–H and O–H groups in total. The van der Waals surface area contributed by atoms with E-state index >= 15 is 0 Å². The third-order valence-corrected chi connectivity index (χ3v) is 3.33. The van der Waals surface area contributed by atoms with Crippen molar-refractivity contribution in [2.24, 2.45) is 0 Å². The summed E-state index contributed by atoms with van der Waals surface area (Å²) in [5.74, 6) is 0.905. The first kappa shape index (κ1) is 12.7. The van der Waals surface area contributed by atoms with Gasteiger partial charge in [-0.05, 0) is 37.8 Å². The van der Waals surface area contributed by atoms with Crippen LogP contribution in [0.15, 0.2) is 34.9 Å².